The number of carbonyl (C=O) groups excluding carboxylic acids is 4. The van der Waals surface area contributed by atoms with Gasteiger partial charge >= 0.3 is 12.1 Å². The number of benzene rings is 3. The number of aliphatic hydroxyl groups excluding tert-OH is 4. The van der Waals surface area contributed by atoms with Crippen molar-refractivity contribution in [3.05, 3.63) is 89.0 Å². The lowest BCUT2D eigenvalue weighted by Gasteiger charge is -2.38. The summed E-state index contributed by atoms with van der Waals surface area (Å²) in [6.45, 7) is 12.1. The monoisotopic (exact) mass is 1250 g/mol. The molecule has 3 aromatic carbocycles. The number of fused-ring (bicyclic) bond motifs is 4. The number of ether oxygens (including phenoxy) is 12. The molecule has 8 atom stereocenters. The number of nitrogens with two attached hydrogens (primary N) is 1. The van der Waals surface area contributed by atoms with Gasteiger partial charge < -0.3 is 97.0 Å². The second-order valence-corrected chi connectivity index (χ2v) is 21.5. The summed E-state index contributed by atoms with van der Waals surface area (Å²) < 4.78 is 68.1. The Morgan fingerprint density at radius 1 is 0.652 bits per heavy atom. The van der Waals surface area contributed by atoms with E-state index in [2.05, 4.69) is 23.0 Å². The molecule has 5 aliphatic rings. The van der Waals surface area contributed by atoms with Crippen LogP contribution in [0.3, 0.4) is 0 Å². The molecule has 3 fully saturated rings. The molecule has 5 heterocycles. The van der Waals surface area contributed by atoms with Crippen molar-refractivity contribution >= 4 is 47.2 Å². The van der Waals surface area contributed by atoms with Gasteiger partial charge in [-0.05, 0) is 68.4 Å². The molecule has 0 aliphatic carbocycles. The van der Waals surface area contributed by atoms with Gasteiger partial charge in [-0.25, -0.2) is 20.4 Å². The molecule has 0 saturated carbocycles. The zero-order chi connectivity index (χ0) is 63.6. The Kier molecular flexibility index (Phi) is 25.0. The molecule has 8 rings (SSSR count). The summed E-state index contributed by atoms with van der Waals surface area (Å²) in [6, 6.07) is 9.20. The van der Waals surface area contributed by atoms with Gasteiger partial charge in [0.25, 0.3) is 11.8 Å². The summed E-state index contributed by atoms with van der Waals surface area (Å²) >= 11 is 0. The van der Waals surface area contributed by atoms with Gasteiger partial charge in [0, 0.05) is 44.5 Å². The number of anilines is 1. The first-order chi connectivity index (χ1) is 43.0. The molecule has 89 heavy (non-hydrogen) atoms. The largest absolute Gasteiger partial charge is 0.493 e. The van der Waals surface area contributed by atoms with Gasteiger partial charge in [0.05, 0.1) is 134 Å². The number of aliphatic hydroxyl groups is 4. The predicted molar refractivity (Wildman–Crippen MR) is 314 cm³/mol. The predicted octanol–water partition coefficient (Wildman–Crippen LogP) is 3.27. The van der Waals surface area contributed by atoms with Crippen molar-refractivity contribution in [2.75, 3.05) is 118 Å². The van der Waals surface area contributed by atoms with E-state index in [1.807, 2.05) is 0 Å². The van der Waals surface area contributed by atoms with E-state index in [0.29, 0.717) is 120 Å². The molecule has 28 nitrogen and oxygen atoms in total. The number of hydrogen-bond acceptors (Lipinski definition) is 24. The second kappa shape index (κ2) is 33.0. The fourth-order valence-corrected chi connectivity index (χ4v) is 10.6. The van der Waals surface area contributed by atoms with Crippen molar-refractivity contribution in [1.29, 1.82) is 0 Å². The van der Waals surface area contributed by atoms with Gasteiger partial charge in [-0.15, -0.1) is 0 Å². The van der Waals surface area contributed by atoms with Crippen molar-refractivity contribution in [2.45, 2.75) is 101 Å². The fraction of sp³-hybridized carbons (Fsp3) is 0.541. The number of hydrogen-bond donors (Lipinski definition) is 6. The Labute approximate surface area is 514 Å². The average Bonchev–Trinajstić information content (AvgIpc) is 2.31. The summed E-state index contributed by atoms with van der Waals surface area (Å²) in [7, 11) is 2.90. The highest BCUT2D eigenvalue weighted by Crippen LogP contribution is 2.43. The van der Waals surface area contributed by atoms with E-state index in [1.165, 1.54) is 49.5 Å². The summed E-state index contributed by atoms with van der Waals surface area (Å²) in [5.74, 6) is 3.10. The van der Waals surface area contributed by atoms with Gasteiger partial charge in [-0.1, -0.05) is 30.4 Å². The molecule has 28 heteroatoms. The quantitative estimate of drug-likeness (QED) is 0.0213. The highest BCUT2D eigenvalue weighted by molar-refractivity contribution is 6.06. The van der Waals surface area contributed by atoms with Crippen LogP contribution in [0.5, 0.6) is 28.7 Å². The maximum Gasteiger partial charge on any atom is 0.416 e. The summed E-state index contributed by atoms with van der Waals surface area (Å²) in [5.41, 5.74) is 2.61. The van der Waals surface area contributed by atoms with E-state index >= 15 is 0 Å². The topological polar surface area (TPSA) is 355 Å². The van der Waals surface area contributed by atoms with E-state index < -0.39 is 73.3 Å². The van der Waals surface area contributed by atoms with E-state index in [1.54, 1.807) is 23.2 Å². The van der Waals surface area contributed by atoms with Crippen LogP contribution in [0.4, 0.5) is 16.2 Å². The van der Waals surface area contributed by atoms with Gasteiger partial charge in [0.2, 0.25) is 6.29 Å². The Morgan fingerprint density at radius 2 is 1.24 bits per heavy atom. The zero-order valence-corrected chi connectivity index (χ0v) is 49.9. The molecule has 3 saturated heterocycles. The van der Waals surface area contributed by atoms with Crippen LogP contribution in [0.1, 0.15) is 81.6 Å². The SMILES string of the molecule is C=C1C[C@H]2C=Nc3cc(OCCCCCOc4cc5c(cc4OC)C(=O)N4CC(=C)C[C@H]4C(O)N5C(=O)OCc4ccc(O[C@@H]5O[C@H](C(=O)O)[C@@H](O)[C@H](O)[C@H]5O)c(C(=O)CCCOCCOCCOCCOCCOCCON)c4)c(OC)cc3C(=O)N2C1. The number of Topliss-reactive ketones (excluding diaryl/α,β-unsaturated/α-hetero) is 1. The van der Waals surface area contributed by atoms with Crippen LogP contribution in [0, 0.1) is 0 Å². The van der Waals surface area contributed by atoms with Crippen molar-refractivity contribution in [2.24, 2.45) is 10.9 Å². The number of carboxylic acids is 1. The van der Waals surface area contributed by atoms with E-state index in [-0.39, 0.29) is 104 Å². The van der Waals surface area contributed by atoms with Crippen molar-refractivity contribution in [1.82, 2.24) is 9.80 Å². The Balaban J connectivity index is 0.888. The molecule has 5 aliphatic heterocycles. The van der Waals surface area contributed by atoms with Crippen LogP contribution in [-0.2, 0) is 49.4 Å². The van der Waals surface area contributed by atoms with E-state index in [4.69, 9.17) is 62.7 Å². The number of amides is 3. The third kappa shape index (κ3) is 17.3. The van der Waals surface area contributed by atoms with Crippen molar-refractivity contribution < 1.29 is 111 Å². The number of carboxylic acid groups (broad SMARTS) is 1. The first-order valence-electron chi connectivity index (χ1n) is 29.3. The first kappa shape index (κ1) is 67.6. The van der Waals surface area contributed by atoms with Crippen LogP contribution in [0.15, 0.2) is 71.8 Å². The number of rotatable bonds is 35. The van der Waals surface area contributed by atoms with Gasteiger partial charge in [-0.3, -0.25) is 19.4 Å². The van der Waals surface area contributed by atoms with Crippen LogP contribution in [0.25, 0.3) is 0 Å². The second-order valence-electron chi connectivity index (χ2n) is 21.5. The van der Waals surface area contributed by atoms with Crippen molar-refractivity contribution in [3.63, 3.8) is 0 Å². The molecule has 3 amide bonds. The Bertz CT molecular complexity index is 3000. The number of nitrogens with zero attached hydrogens (tertiary/aromatic N) is 4. The van der Waals surface area contributed by atoms with E-state index in [9.17, 15) is 49.5 Å². The third-order valence-corrected chi connectivity index (χ3v) is 15.2. The number of aliphatic imine (C=N–C) groups is 1. The summed E-state index contributed by atoms with van der Waals surface area (Å²) in [6.07, 6.45) is -8.05. The molecule has 0 bridgehead atoms. The van der Waals surface area contributed by atoms with Gasteiger partial charge in [0.1, 0.15) is 30.7 Å². The maximum absolute atomic E-state index is 14.5. The van der Waals surface area contributed by atoms with Crippen LogP contribution in [0.2, 0.25) is 0 Å². The fourth-order valence-electron chi connectivity index (χ4n) is 10.6. The number of aliphatic carboxylic acids is 1. The maximum atomic E-state index is 14.5. The van der Waals surface area contributed by atoms with Crippen molar-refractivity contribution in [3.8, 4) is 28.7 Å². The smallest absolute Gasteiger partial charge is 0.416 e. The molecule has 7 N–H and O–H groups in total. The Hall–Kier alpha value is -7.32. The Morgan fingerprint density at radius 3 is 1.87 bits per heavy atom. The van der Waals surface area contributed by atoms with Gasteiger partial charge in [0.15, 0.2) is 41.1 Å². The lowest BCUT2D eigenvalue weighted by molar-refractivity contribution is -0.271. The third-order valence-electron chi connectivity index (χ3n) is 15.2. The highest BCUT2D eigenvalue weighted by Gasteiger charge is 2.49. The minimum atomic E-state index is -2.01. The molecular formula is C61H79N5O23. The zero-order valence-electron chi connectivity index (χ0n) is 49.9. The molecule has 0 aromatic heterocycles. The molecule has 1 unspecified atom stereocenters. The molecule has 0 radical (unpaired) electrons. The summed E-state index contributed by atoms with van der Waals surface area (Å²) in [5, 5.41) is 53.3. The summed E-state index contributed by atoms with van der Waals surface area (Å²) in [4.78, 5) is 81.4. The number of carbonyl (C=O) groups is 5. The molecule has 486 valence electrons. The molecular weight excluding hydrogens is 1170 g/mol. The minimum Gasteiger partial charge on any atom is -0.493 e. The molecule has 3 aromatic rings. The van der Waals surface area contributed by atoms with Crippen LogP contribution in [-0.4, -0.2) is 233 Å². The standard InChI is InChI=1S/C61H79N5O23/c1-36-25-39-32-63-43-30-50(48(77-3)28-40(43)56(71)64(39)33-36)84-13-6-5-7-14-85-51-31-44-41(29-49(51)78-4)57(72)65-34-37(2)26-45(65)58(73)66(44)61(76)86-35-38-10-11-47(88-60-54(70)52(68)53(69)55(89-60)59(74)75)42(27-38)46(67)9-8-12-79-15-16-80-17-18-81-19-20-82-21-22-83-23-24-87-62/h10-11,27-32,39,45,52-55,58,60,68-70,73H,1-2,5-9,12-26,33-35,62H2,3-4H3,(H,74,75)/t39-,45-,52-,53-,54+,55-,58?,60+/m0/s1. The normalized spacial score (nSPS) is 22.0. The lowest BCUT2D eigenvalue weighted by atomic mass is 9.98. The number of methoxy groups -OCH3 is 2. The highest BCUT2D eigenvalue weighted by atomic mass is 16.7. The molecule has 0 spiro atoms. The minimum absolute atomic E-state index is 0.00632. The first-order valence-corrected chi connectivity index (χ1v) is 29.3. The van der Waals surface area contributed by atoms with Crippen LogP contribution >= 0.6 is 0 Å². The van der Waals surface area contributed by atoms with Gasteiger partial charge in [-0.2, -0.15) is 0 Å². The number of ketones is 1. The average molecular weight is 1250 g/mol. The lowest BCUT2D eigenvalue weighted by Crippen LogP contribution is -2.61. The number of unbranched alkanes of at least 4 members (excludes halogenated alkanes) is 2. The van der Waals surface area contributed by atoms with Crippen LogP contribution < -0.4 is 34.5 Å². The van der Waals surface area contributed by atoms with E-state index in [0.717, 1.165) is 10.5 Å².